The molecule has 1 fully saturated rings. The summed E-state index contributed by atoms with van der Waals surface area (Å²) in [6.07, 6.45) is 3.46. The summed E-state index contributed by atoms with van der Waals surface area (Å²) >= 11 is 1.51. The number of benzene rings is 1. The maximum absolute atomic E-state index is 13.3. The number of nitrogens with zero attached hydrogens (tertiary/aromatic N) is 4. The summed E-state index contributed by atoms with van der Waals surface area (Å²) < 4.78 is 15.8. The zero-order valence-corrected chi connectivity index (χ0v) is 14.6. The summed E-state index contributed by atoms with van der Waals surface area (Å²) in [7, 11) is 1.79. The summed E-state index contributed by atoms with van der Waals surface area (Å²) in [5.41, 5.74) is 1.27. The van der Waals surface area contributed by atoms with Gasteiger partial charge in [0.05, 0.1) is 10.2 Å². The number of hydrogen-bond donors (Lipinski definition) is 1. The van der Waals surface area contributed by atoms with Gasteiger partial charge in [0.15, 0.2) is 5.13 Å². The fourth-order valence-corrected chi connectivity index (χ4v) is 4.07. The van der Waals surface area contributed by atoms with Crippen LogP contribution in [0, 0.1) is 5.82 Å². The van der Waals surface area contributed by atoms with E-state index in [0.29, 0.717) is 5.69 Å². The number of carbonyl (C=O) groups excluding carboxylic acids is 1. The quantitative estimate of drug-likeness (QED) is 0.781. The van der Waals surface area contributed by atoms with E-state index in [2.05, 4.69) is 20.3 Å². The Labute approximate surface area is 148 Å². The van der Waals surface area contributed by atoms with Gasteiger partial charge in [-0.15, -0.1) is 0 Å². The van der Waals surface area contributed by atoms with Gasteiger partial charge in [0.2, 0.25) is 0 Å². The van der Waals surface area contributed by atoms with Crippen molar-refractivity contribution in [2.45, 2.75) is 18.9 Å². The number of amides is 1. The zero-order chi connectivity index (χ0) is 17.4. The van der Waals surface area contributed by atoms with Gasteiger partial charge in [-0.05, 0) is 37.1 Å². The molecule has 0 radical (unpaired) electrons. The number of carbonyl (C=O) groups is 1. The Bertz CT molecular complexity index is 913. The van der Waals surface area contributed by atoms with Crippen molar-refractivity contribution in [2.75, 3.05) is 18.0 Å². The lowest BCUT2D eigenvalue weighted by Gasteiger charge is -2.31. The molecule has 0 atom stereocenters. The van der Waals surface area contributed by atoms with Crippen LogP contribution in [0.1, 0.15) is 23.3 Å². The molecule has 1 amide bonds. The van der Waals surface area contributed by atoms with E-state index in [1.54, 1.807) is 30.1 Å². The van der Waals surface area contributed by atoms with E-state index in [-0.39, 0.29) is 17.8 Å². The number of thiazole rings is 1. The second-order valence-corrected chi connectivity index (χ2v) is 7.23. The molecule has 0 spiro atoms. The Morgan fingerprint density at radius 3 is 2.84 bits per heavy atom. The Morgan fingerprint density at radius 2 is 2.12 bits per heavy atom. The number of anilines is 1. The average Bonchev–Trinajstić information content (AvgIpc) is 3.21. The molecule has 8 heteroatoms. The van der Waals surface area contributed by atoms with Gasteiger partial charge in [0.1, 0.15) is 11.5 Å². The van der Waals surface area contributed by atoms with Gasteiger partial charge in [0, 0.05) is 32.4 Å². The highest BCUT2D eigenvalue weighted by Gasteiger charge is 2.23. The predicted octanol–water partition coefficient (Wildman–Crippen LogP) is 2.57. The van der Waals surface area contributed by atoms with Crippen LogP contribution in [0.15, 0.2) is 30.5 Å². The molecule has 130 valence electrons. The van der Waals surface area contributed by atoms with Crippen LogP contribution < -0.4 is 10.2 Å². The van der Waals surface area contributed by atoms with Crippen molar-refractivity contribution in [1.82, 2.24) is 20.1 Å². The second-order valence-electron chi connectivity index (χ2n) is 6.22. The second kappa shape index (κ2) is 6.44. The van der Waals surface area contributed by atoms with E-state index in [1.165, 1.54) is 23.5 Å². The minimum atomic E-state index is -0.237. The number of aromatic nitrogens is 3. The van der Waals surface area contributed by atoms with Crippen molar-refractivity contribution in [3.63, 3.8) is 0 Å². The number of hydrogen-bond acceptors (Lipinski definition) is 5. The first kappa shape index (κ1) is 16.0. The molecule has 1 N–H and O–H groups in total. The van der Waals surface area contributed by atoms with Crippen molar-refractivity contribution in [3.8, 4) is 0 Å². The molecule has 6 nitrogen and oxygen atoms in total. The largest absolute Gasteiger partial charge is 0.348 e. The van der Waals surface area contributed by atoms with Crippen molar-refractivity contribution in [2.24, 2.45) is 7.05 Å². The number of aryl methyl sites for hydroxylation is 1. The minimum absolute atomic E-state index is 0.130. The highest BCUT2D eigenvalue weighted by Crippen LogP contribution is 2.30. The molecule has 0 bridgehead atoms. The van der Waals surface area contributed by atoms with Crippen molar-refractivity contribution in [3.05, 3.63) is 42.0 Å². The lowest BCUT2D eigenvalue weighted by molar-refractivity contribution is 0.0925. The maximum atomic E-state index is 13.3. The Morgan fingerprint density at radius 1 is 1.32 bits per heavy atom. The fourth-order valence-electron chi connectivity index (χ4n) is 3.03. The molecule has 4 rings (SSSR count). The first-order valence-electron chi connectivity index (χ1n) is 8.20. The first-order valence-corrected chi connectivity index (χ1v) is 9.02. The van der Waals surface area contributed by atoms with Crippen molar-refractivity contribution in [1.29, 1.82) is 0 Å². The predicted molar refractivity (Wildman–Crippen MR) is 95.5 cm³/mol. The van der Waals surface area contributed by atoms with Crippen LogP contribution in [0.3, 0.4) is 0 Å². The third kappa shape index (κ3) is 3.34. The van der Waals surface area contributed by atoms with Gasteiger partial charge in [-0.1, -0.05) is 11.3 Å². The molecule has 1 aliphatic rings. The monoisotopic (exact) mass is 359 g/mol. The van der Waals surface area contributed by atoms with Gasteiger partial charge in [-0.3, -0.25) is 9.48 Å². The van der Waals surface area contributed by atoms with Crippen LogP contribution in [0.25, 0.3) is 10.2 Å². The normalized spacial score (nSPS) is 15.7. The molecule has 25 heavy (non-hydrogen) atoms. The molecule has 1 aromatic carbocycles. The molecule has 0 aliphatic carbocycles. The molecular formula is C17H18FN5OS. The molecule has 1 aliphatic heterocycles. The summed E-state index contributed by atoms with van der Waals surface area (Å²) in [5, 5.41) is 8.08. The molecule has 1 saturated heterocycles. The summed E-state index contributed by atoms with van der Waals surface area (Å²) in [5.74, 6) is -0.367. The van der Waals surface area contributed by atoms with E-state index in [9.17, 15) is 9.18 Å². The smallest absolute Gasteiger partial charge is 0.271 e. The molecule has 3 heterocycles. The lowest BCUT2D eigenvalue weighted by Crippen LogP contribution is -2.44. The maximum Gasteiger partial charge on any atom is 0.271 e. The van der Waals surface area contributed by atoms with Crippen molar-refractivity contribution >= 4 is 32.6 Å². The standard InChI is InChI=1S/C17H18FN5OS/c1-22-7-6-14(21-22)16(24)19-12-4-8-23(9-5-12)17-20-13-3-2-11(18)10-15(13)25-17/h2-3,6-7,10,12H,4-5,8-9H2,1H3,(H,19,24). The van der Waals surface area contributed by atoms with Crippen LogP contribution >= 0.6 is 11.3 Å². The van der Waals surface area contributed by atoms with Gasteiger partial charge in [-0.25, -0.2) is 9.37 Å². The van der Waals surface area contributed by atoms with E-state index < -0.39 is 0 Å². The van der Waals surface area contributed by atoms with Crippen LogP contribution in [0.2, 0.25) is 0 Å². The number of nitrogens with one attached hydrogen (secondary N) is 1. The van der Waals surface area contributed by atoms with Crippen molar-refractivity contribution < 1.29 is 9.18 Å². The summed E-state index contributed by atoms with van der Waals surface area (Å²) in [6, 6.07) is 6.52. The molecule has 3 aromatic rings. The van der Waals surface area contributed by atoms with E-state index >= 15 is 0 Å². The Hall–Kier alpha value is -2.48. The topological polar surface area (TPSA) is 63.1 Å². The average molecular weight is 359 g/mol. The third-order valence-electron chi connectivity index (χ3n) is 4.39. The molecule has 0 saturated carbocycles. The van der Waals surface area contributed by atoms with Crippen LogP contribution in [-0.2, 0) is 7.05 Å². The SMILES string of the molecule is Cn1ccc(C(=O)NC2CCN(c3nc4ccc(F)cc4s3)CC2)n1. The number of halogens is 1. The van der Waals surface area contributed by atoms with Gasteiger partial charge < -0.3 is 10.2 Å². The molecule has 2 aromatic heterocycles. The van der Waals surface area contributed by atoms with Gasteiger partial charge in [0.25, 0.3) is 5.91 Å². The third-order valence-corrected chi connectivity index (χ3v) is 5.47. The van der Waals surface area contributed by atoms with Gasteiger partial charge in [-0.2, -0.15) is 5.10 Å². The number of rotatable bonds is 3. The number of piperidine rings is 1. The van der Waals surface area contributed by atoms with Gasteiger partial charge >= 0.3 is 0 Å². The Balaban J connectivity index is 1.38. The van der Waals surface area contributed by atoms with E-state index in [1.807, 2.05) is 0 Å². The zero-order valence-electron chi connectivity index (χ0n) is 13.8. The highest BCUT2D eigenvalue weighted by atomic mass is 32.1. The molecule has 0 unspecified atom stereocenters. The van der Waals surface area contributed by atoms with Crippen LogP contribution in [0.4, 0.5) is 9.52 Å². The fraction of sp³-hybridized carbons (Fsp3) is 0.353. The first-order chi connectivity index (χ1) is 12.1. The van der Waals surface area contributed by atoms with Crippen LogP contribution in [0.5, 0.6) is 0 Å². The minimum Gasteiger partial charge on any atom is -0.348 e. The summed E-state index contributed by atoms with van der Waals surface area (Å²) in [6.45, 7) is 1.63. The summed E-state index contributed by atoms with van der Waals surface area (Å²) in [4.78, 5) is 19.0. The highest BCUT2D eigenvalue weighted by molar-refractivity contribution is 7.22. The number of fused-ring (bicyclic) bond motifs is 1. The Kier molecular flexibility index (Phi) is 4.12. The van der Waals surface area contributed by atoms with E-state index in [4.69, 9.17) is 0 Å². The van der Waals surface area contributed by atoms with Crippen LogP contribution in [-0.4, -0.2) is 39.8 Å². The molecular weight excluding hydrogens is 341 g/mol. The lowest BCUT2D eigenvalue weighted by atomic mass is 10.1. The van der Waals surface area contributed by atoms with E-state index in [0.717, 1.165) is 41.3 Å².